The fourth-order valence-electron chi connectivity index (χ4n) is 4.31. The fraction of sp³-hybridized carbons (Fsp3) is 0.429. The average Bonchev–Trinajstić information content (AvgIpc) is 3.73. The number of piperazine rings is 1. The van der Waals surface area contributed by atoms with Gasteiger partial charge in [-0.05, 0) is 64.2 Å². The van der Waals surface area contributed by atoms with E-state index in [0.717, 1.165) is 41.6 Å². The SMILES string of the molecule is C=C(N=C1C(=C(C)C)NC(=NCc2ccc(S(C)(=O)=O)nc2)C(=O)N1[C@@H](C)CC)c1c(C)ncnc1C1CC1. The highest BCUT2D eigenvalue weighted by Gasteiger charge is 2.37. The molecule has 1 N–H and O–H groups in total. The first-order chi connectivity index (χ1) is 18.4. The molecule has 0 unspecified atom stereocenters. The van der Waals surface area contributed by atoms with Gasteiger partial charge < -0.3 is 5.32 Å². The number of allylic oxidation sites excluding steroid dienone is 1. The largest absolute Gasteiger partial charge is 0.333 e. The molecule has 0 bridgehead atoms. The Bertz CT molecular complexity index is 1500. The molecular weight excluding hydrogens is 514 g/mol. The van der Waals surface area contributed by atoms with Crippen LogP contribution in [0.4, 0.5) is 0 Å². The van der Waals surface area contributed by atoms with Gasteiger partial charge in [-0.2, -0.15) is 0 Å². The van der Waals surface area contributed by atoms with Crippen LogP contribution in [0, 0.1) is 6.92 Å². The van der Waals surface area contributed by atoms with E-state index in [-0.39, 0.29) is 29.4 Å². The van der Waals surface area contributed by atoms with Crippen LogP contribution in [0.1, 0.15) is 75.4 Å². The zero-order chi connectivity index (χ0) is 28.5. The van der Waals surface area contributed by atoms with Crippen molar-refractivity contribution in [2.24, 2.45) is 9.98 Å². The summed E-state index contributed by atoms with van der Waals surface area (Å²) < 4.78 is 23.4. The zero-order valence-corrected chi connectivity index (χ0v) is 24.1. The third kappa shape index (κ3) is 6.13. The number of carbonyl (C=O) groups is 1. The van der Waals surface area contributed by atoms with Crippen molar-refractivity contribution in [2.75, 3.05) is 6.26 Å². The van der Waals surface area contributed by atoms with Crippen LogP contribution in [0.2, 0.25) is 0 Å². The molecule has 1 atom stereocenters. The summed E-state index contributed by atoms with van der Waals surface area (Å²) in [6.45, 7) is 14.2. The summed E-state index contributed by atoms with van der Waals surface area (Å²) in [7, 11) is -3.40. The minimum absolute atomic E-state index is 0.00878. The predicted octanol–water partition coefficient (Wildman–Crippen LogP) is 3.95. The van der Waals surface area contributed by atoms with Crippen LogP contribution in [0.5, 0.6) is 0 Å². The van der Waals surface area contributed by atoms with Crippen LogP contribution in [-0.4, -0.2) is 58.1 Å². The second-order valence-electron chi connectivity index (χ2n) is 10.2. The molecule has 1 saturated carbocycles. The number of sulfone groups is 1. The summed E-state index contributed by atoms with van der Waals surface area (Å²) in [5, 5.41) is 3.20. The van der Waals surface area contributed by atoms with Gasteiger partial charge in [0, 0.05) is 30.0 Å². The molecule has 1 aliphatic heterocycles. The number of carbonyl (C=O) groups excluding carboxylic acids is 1. The van der Waals surface area contributed by atoms with Gasteiger partial charge in [0.05, 0.1) is 29.3 Å². The molecule has 10 nitrogen and oxygen atoms in total. The second kappa shape index (κ2) is 11.2. The predicted molar refractivity (Wildman–Crippen MR) is 152 cm³/mol. The first kappa shape index (κ1) is 28.3. The van der Waals surface area contributed by atoms with E-state index in [0.29, 0.717) is 35.1 Å². The van der Waals surface area contributed by atoms with Gasteiger partial charge in [-0.15, -0.1) is 0 Å². The standard InChI is InChI=1S/C28H35N7O3S/c1-8-17(4)35-27(33-19(6)23-18(5)31-15-32-25(23)21-10-11-21)24(16(2)3)34-26(28(35)36)30-14-20-9-12-22(29-13-20)39(7,37)38/h9,12-13,15,17,21H,6,8,10-11,14H2,1-5,7H3,(H,30,34)/t17-/m0/s1. The van der Waals surface area contributed by atoms with Crippen LogP contribution in [-0.2, 0) is 21.2 Å². The minimum atomic E-state index is -3.40. The number of pyridine rings is 1. The molecule has 0 spiro atoms. The van der Waals surface area contributed by atoms with Crippen LogP contribution < -0.4 is 5.32 Å². The van der Waals surface area contributed by atoms with E-state index in [4.69, 9.17) is 4.99 Å². The molecule has 39 heavy (non-hydrogen) atoms. The van der Waals surface area contributed by atoms with E-state index < -0.39 is 9.84 Å². The van der Waals surface area contributed by atoms with E-state index in [1.165, 1.54) is 12.3 Å². The monoisotopic (exact) mass is 549 g/mol. The van der Waals surface area contributed by atoms with Gasteiger partial charge >= 0.3 is 0 Å². The number of amides is 1. The van der Waals surface area contributed by atoms with Crippen molar-refractivity contribution < 1.29 is 13.2 Å². The zero-order valence-electron chi connectivity index (χ0n) is 23.3. The van der Waals surface area contributed by atoms with Gasteiger partial charge in [0.2, 0.25) is 0 Å². The number of aliphatic imine (C=N–C) groups is 2. The Balaban J connectivity index is 1.71. The van der Waals surface area contributed by atoms with Gasteiger partial charge in [0.1, 0.15) is 6.33 Å². The number of aryl methyl sites for hydroxylation is 1. The summed E-state index contributed by atoms with van der Waals surface area (Å²) >= 11 is 0. The van der Waals surface area contributed by atoms with Gasteiger partial charge in [0.25, 0.3) is 5.91 Å². The molecule has 4 rings (SSSR count). The quantitative estimate of drug-likeness (QED) is 0.528. The first-order valence-corrected chi connectivity index (χ1v) is 14.9. The lowest BCUT2D eigenvalue weighted by atomic mass is 10.0. The number of rotatable bonds is 8. The van der Waals surface area contributed by atoms with Crippen LogP contribution in [0.25, 0.3) is 5.70 Å². The first-order valence-electron chi connectivity index (χ1n) is 13.0. The molecule has 0 aromatic carbocycles. The Labute approximate surface area is 230 Å². The summed E-state index contributed by atoms with van der Waals surface area (Å²) in [5.74, 6) is 0.756. The summed E-state index contributed by atoms with van der Waals surface area (Å²) in [6.07, 6.45) is 7.02. The van der Waals surface area contributed by atoms with Gasteiger partial charge in [-0.1, -0.05) is 19.6 Å². The smallest absolute Gasteiger partial charge is 0.295 e. The van der Waals surface area contributed by atoms with Crippen LogP contribution in [0.3, 0.4) is 0 Å². The van der Waals surface area contributed by atoms with Crippen LogP contribution in [0.15, 0.2) is 57.5 Å². The second-order valence-corrected chi connectivity index (χ2v) is 12.2. The van der Waals surface area contributed by atoms with Crippen molar-refractivity contribution in [3.8, 4) is 0 Å². The molecule has 0 radical (unpaired) electrons. The number of hydrogen-bond acceptors (Lipinski definition) is 8. The number of aromatic nitrogens is 3. The van der Waals surface area contributed by atoms with E-state index in [1.54, 1.807) is 17.3 Å². The molecule has 11 heteroatoms. The lowest BCUT2D eigenvalue weighted by Crippen LogP contribution is -2.57. The topological polar surface area (TPSA) is 130 Å². The summed E-state index contributed by atoms with van der Waals surface area (Å²) in [4.78, 5) is 37.8. The lowest BCUT2D eigenvalue weighted by Gasteiger charge is -2.36. The Morgan fingerprint density at radius 3 is 2.51 bits per heavy atom. The van der Waals surface area contributed by atoms with Crippen molar-refractivity contribution in [2.45, 2.75) is 77.4 Å². The Morgan fingerprint density at radius 1 is 1.23 bits per heavy atom. The summed E-state index contributed by atoms with van der Waals surface area (Å²) in [6, 6.07) is 2.93. The average molecular weight is 550 g/mol. The molecule has 3 heterocycles. The Hall–Kier alpha value is -3.73. The molecule has 206 valence electrons. The van der Waals surface area contributed by atoms with Gasteiger partial charge in [-0.3, -0.25) is 14.7 Å². The molecule has 1 aliphatic carbocycles. The van der Waals surface area contributed by atoms with Crippen molar-refractivity contribution >= 4 is 33.1 Å². The van der Waals surface area contributed by atoms with E-state index >= 15 is 0 Å². The van der Waals surface area contributed by atoms with Crippen molar-refractivity contribution in [1.29, 1.82) is 0 Å². The molecule has 2 aliphatic rings. The Morgan fingerprint density at radius 2 is 1.95 bits per heavy atom. The molecule has 1 saturated heterocycles. The fourth-order valence-corrected chi connectivity index (χ4v) is 4.87. The third-order valence-electron chi connectivity index (χ3n) is 6.81. The Kier molecular flexibility index (Phi) is 8.10. The lowest BCUT2D eigenvalue weighted by molar-refractivity contribution is -0.122. The summed E-state index contributed by atoms with van der Waals surface area (Å²) in [5.41, 5.74) is 5.41. The maximum Gasteiger partial charge on any atom is 0.295 e. The number of hydrogen-bond donors (Lipinski definition) is 1. The van der Waals surface area contributed by atoms with E-state index in [9.17, 15) is 13.2 Å². The van der Waals surface area contributed by atoms with Crippen molar-refractivity contribution in [1.82, 2.24) is 25.2 Å². The van der Waals surface area contributed by atoms with E-state index in [2.05, 4.69) is 31.8 Å². The molecule has 2 aromatic heterocycles. The van der Waals surface area contributed by atoms with Crippen molar-refractivity contribution in [3.63, 3.8) is 0 Å². The third-order valence-corrected chi connectivity index (χ3v) is 7.81. The highest BCUT2D eigenvalue weighted by atomic mass is 32.2. The number of amidine groups is 2. The normalized spacial score (nSPS) is 18.9. The molecule has 1 amide bonds. The number of nitrogens with one attached hydrogen (secondary N) is 1. The highest BCUT2D eigenvalue weighted by molar-refractivity contribution is 7.90. The number of nitrogens with zero attached hydrogens (tertiary/aromatic N) is 6. The maximum atomic E-state index is 13.8. The van der Waals surface area contributed by atoms with Gasteiger partial charge in [0.15, 0.2) is 26.5 Å². The van der Waals surface area contributed by atoms with Gasteiger partial charge in [-0.25, -0.2) is 28.4 Å². The molecular formula is C28H35N7O3S. The van der Waals surface area contributed by atoms with E-state index in [1.807, 2.05) is 34.6 Å². The minimum Gasteiger partial charge on any atom is -0.333 e. The maximum absolute atomic E-state index is 13.8. The molecule has 2 fully saturated rings. The van der Waals surface area contributed by atoms with Crippen molar-refractivity contribution in [3.05, 3.63) is 65.0 Å². The highest BCUT2D eigenvalue weighted by Crippen LogP contribution is 2.42. The molecule has 2 aromatic rings. The van der Waals surface area contributed by atoms with Crippen LogP contribution >= 0.6 is 0 Å².